The zero-order valence-electron chi connectivity index (χ0n) is 20.4. The van der Waals surface area contributed by atoms with Crippen molar-refractivity contribution in [3.8, 4) is 0 Å². The largest absolute Gasteiger partial charge is 0.352 e. The van der Waals surface area contributed by atoms with E-state index in [2.05, 4.69) is 5.32 Å². The van der Waals surface area contributed by atoms with Crippen LogP contribution in [0.4, 0.5) is 5.69 Å². The minimum Gasteiger partial charge on any atom is -0.352 e. The number of halogens is 1. The van der Waals surface area contributed by atoms with Crippen LogP contribution < -0.4 is 9.62 Å². The number of anilines is 1. The number of benzene rings is 2. The van der Waals surface area contributed by atoms with Gasteiger partial charge in [-0.2, -0.15) is 0 Å². The highest BCUT2D eigenvalue weighted by molar-refractivity contribution is 7.92. The maximum Gasteiger partial charge on any atom is 0.244 e. The lowest BCUT2D eigenvalue weighted by molar-refractivity contribution is -0.140. The average molecular weight is 508 g/mol. The molecule has 34 heavy (non-hydrogen) atoms. The van der Waals surface area contributed by atoms with Crippen molar-refractivity contribution >= 4 is 39.1 Å². The van der Waals surface area contributed by atoms with Crippen molar-refractivity contribution in [2.24, 2.45) is 0 Å². The summed E-state index contributed by atoms with van der Waals surface area (Å²) in [5.74, 6) is -0.717. The molecule has 0 spiro atoms. The lowest BCUT2D eigenvalue weighted by atomic mass is 10.1. The Morgan fingerprint density at radius 2 is 1.65 bits per heavy atom. The molecule has 0 saturated heterocycles. The normalized spacial score (nSPS) is 13.1. The number of hydrogen-bond donors (Lipinski definition) is 1. The van der Waals surface area contributed by atoms with Gasteiger partial charge in [-0.25, -0.2) is 8.42 Å². The Morgan fingerprint density at radius 1 is 1.03 bits per heavy atom. The second kappa shape index (κ2) is 12.2. The Labute approximate surface area is 208 Å². The summed E-state index contributed by atoms with van der Waals surface area (Å²) in [7, 11) is -3.77. The standard InChI is InChI=1S/C25H34ClN3O4S/c1-6-19(4)27-25(31)23(7-2)28(16-20-11-9-8-10-18(20)3)24(30)17-29(34(5,32)33)22-14-12-21(26)13-15-22/h8-15,19,23H,6-7,16-17H2,1-5H3,(H,27,31)/t19-,23-/m0/s1. The van der Waals surface area contributed by atoms with E-state index in [1.165, 1.54) is 4.90 Å². The number of aryl methyl sites for hydroxylation is 1. The van der Waals surface area contributed by atoms with Gasteiger partial charge in [-0.05, 0) is 62.1 Å². The first-order valence-electron chi connectivity index (χ1n) is 11.4. The first-order chi connectivity index (χ1) is 16.0. The molecule has 2 atom stereocenters. The fourth-order valence-corrected chi connectivity index (χ4v) is 4.53. The molecule has 2 amide bonds. The number of sulfonamides is 1. The lowest BCUT2D eigenvalue weighted by Crippen LogP contribution is -2.53. The van der Waals surface area contributed by atoms with Crippen molar-refractivity contribution < 1.29 is 18.0 Å². The molecule has 2 aromatic carbocycles. The van der Waals surface area contributed by atoms with Crippen LogP contribution in [-0.4, -0.2) is 50.0 Å². The summed E-state index contributed by atoms with van der Waals surface area (Å²) in [4.78, 5) is 28.2. The van der Waals surface area contributed by atoms with E-state index in [1.807, 2.05) is 52.0 Å². The van der Waals surface area contributed by atoms with E-state index < -0.39 is 28.5 Å². The summed E-state index contributed by atoms with van der Waals surface area (Å²) in [6.07, 6.45) is 2.19. The van der Waals surface area contributed by atoms with Gasteiger partial charge in [0.1, 0.15) is 12.6 Å². The van der Waals surface area contributed by atoms with Crippen LogP contribution in [0.3, 0.4) is 0 Å². The van der Waals surface area contributed by atoms with Crippen LogP contribution in [0.25, 0.3) is 0 Å². The Hall–Kier alpha value is -2.58. The van der Waals surface area contributed by atoms with Gasteiger partial charge in [0.2, 0.25) is 21.8 Å². The van der Waals surface area contributed by atoms with Crippen LogP contribution >= 0.6 is 11.6 Å². The average Bonchev–Trinajstić information content (AvgIpc) is 2.78. The van der Waals surface area contributed by atoms with Gasteiger partial charge < -0.3 is 10.2 Å². The van der Waals surface area contributed by atoms with E-state index in [9.17, 15) is 18.0 Å². The molecule has 1 N–H and O–H groups in total. The zero-order valence-corrected chi connectivity index (χ0v) is 22.0. The van der Waals surface area contributed by atoms with Crippen LogP contribution in [0.2, 0.25) is 5.02 Å². The van der Waals surface area contributed by atoms with E-state index in [1.54, 1.807) is 24.3 Å². The van der Waals surface area contributed by atoms with Crippen LogP contribution in [-0.2, 0) is 26.2 Å². The minimum absolute atomic E-state index is 0.0430. The first kappa shape index (κ1) is 27.7. The molecule has 186 valence electrons. The molecule has 0 fully saturated rings. The van der Waals surface area contributed by atoms with E-state index in [-0.39, 0.29) is 18.5 Å². The second-order valence-electron chi connectivity index (χ2n) is 8.44. The Kier molecular flexibility index (Phi) is 9.94. The number of carbonyl (C=O) groups excluding carboxylic acids is 2. The van der Waals surface area contributed by atoms with Crippen molar-refractivity contribution in [3.05, 3.63) is 64.7 Å². The smallest absolute Gasteiger partial charge is 0.244 e. The van der Waals surface area contributed by atoms with Crippen molar-refractivity contribution in [1.29, 1.82) is 0 Å². The van der Waals surface area contributed by atoms with Gasteiger partial charge >= 0.3 is 0 Å². The third-order valence-corrected chi connectivity index (χ3v) is 7.18. The molecule has 2 rings (SSSR count). The predicted octanol–water partition coefficient (Wildman–Crippen LogP) is 4.14. The summed E-state index contributed by atoms with van der Waals surface area (Å²) < 4.78 is 26.2. The summed E-state index contributed by atoms with van der Waals surface area (Å²) in [6.45, 7) is 7.42. The number of nitrogens with zero attached hydrogens (tertiary/aromatic N) is 2. The molecule has 2 aromatic rings. The molecular weight excluding hydrogens is 474 g/mol. The maximum atomic E-state index is 13.6. The summed E-state index contributed by atoms with van der Waals surface area (Å²) in [6, 6.07) is 13.1. The fourth-order valence-electron chi connectivity index (χ4n) is 3.55. The second-order valence-corrected chi connectivity index (χ2v) is 10.8. The molecular formula is C25H34ClN3O4S. The van der Waals surface area contributed by atoms with Gasteiger partial charge in [0.05, 0.1) is 11.9 Å². The van der Waals surface area contributed by atoms with Gasteiger partial charge in [-0.1, -0.05) is 49.7 Å². The molecule has 0 aliphatic rings. The highest BCUT2D eigenvalue weighted by atomic mass is 35.5. The van der Waals surface area contributed by atoms with Gasteiger partial charge in [0.25, 0.3) is 0 Å². The molecule has 0 unspecified atom stereocenters. The van der Waals surface area contributed by atoms with E-state index in [0.717, 1.165) is 28.1 Å². The molecule has 0 heterocycles. The summed E-state index contributed by atoms with van der Waals surface area (Å²) in [5, 5.41) is 3.41. The lowest BCUT2D eigenvalue weighted by Gasteiger charge is -2.33. The maximum absolute atomic E-state index is 13.6. The third-order valence-electron chi connectivity index (χ3n) is 5.78. The first-order valence-corrected chi connectivity index (χ1v) is 13.6. The van der Waals surface area contributed by atoms with Crippen molar-refractivity contribution in [3.63, 3.8) is 0 Å². The molecule has 7 nitrogen and oxygen atoms in total. The van der Waals surface area contributed by atoms with Crippen LogP contribution in [0.1, 0.15) is 44.7 Å². The highest BCUT2D eigenvalue weighted by Gasteiger charge is 2.32. The predicted molar refractivity (Wildman–Crippen MR) is 137 cm³/mol. The molecule has 9 heteroatoms. The van der Waals surface area contributed by atoms with Gasteiger partial charge in [-0.3, -0.25) is 13.9 Å². The van der Waals surface area contributed by atoms with Gasteiger partial charge in [0, 0.05) is 17.6 Å². The number of nitrogens with one attached hydrogen (secondary N) is 1. The van der Waals surface area contributed by atoms with Crippen LogP contribution in [0.5, 0.6) is 0 Å². The zero-order chi connectivity index (χ0) is 25.5. The van der Waals surface area contributed by atoms with E-state index in [0.29, 0.717) is 17.1 Å². The number of carbonyl (C=O) groups is 2. The van der Waals surface area contributed by atoms with Crippen molar-refractivity contribution in [2.75, 3.05) is 17.1 Å². The SMILES string of the molecule is CC[C@H](C)NC(=O)[C@H](CC)N(Cc1ccccc1C)C(=O)CN(c1ccc(Cl)cc1)S(C)(=O)=O. The Morgan fingerprint density at radius 3 is 2.18 bits per heavy atom. The topological polar surface area (TPSA) is 86.8 Å². The Bertz CT molecular complexity index is 1090. The van der Waals surface area contributed by atoms with Gasteiger partial charge in [-0.15, -0.1) is 0 Å². The monoisotopic (exact) mass is 507 g/mol. The number of amides is 2. The van der Waals surface area contributed by atoms with Crippen LogP contribution in [0.15, 0.2) is 48.5 Å². The summed E-state index contributed by atoms with van der Waals surface area (Å²) >= 11 is 5.95. The molecule has 0 aliphatic heterocycles. The molecule has 0 saturated carbocycles. The van der Waals surface area contributed by atoms with Crippen LogP contribution in [0, 0.1) is 6.92 Å². The molecule has 0 bridgehead atoms. The highest BCUT2D eigenvalue weighted by Crippen LogP contribution is 2.22. The number of rotatable bonds is 11. The summed E-state index contributed by atoms with van der Waals surface area (Å²) in [5.41, 5.74) is 2.20. The molecule has 0 radical (unpaired) electrons. The minimum atomic E-state index is -3.77. The van der Waals surface area contributed by atoms with Crippen molar-refractivity contribution in [1.82, 2.24) is 10.2 Å². The van der Waals surface area contributed by atoms with E-state index >= 15 is 0 Å². The third kappa shape index (κ3) is 7.46. The molecule has 0 aromatic heterocycles. The quantitative estimate of drug-likeness (QED) is 0.495. The van der Waals surface area contributed by atoms with Gasteiger partial charge in [0.15, 0.2) is 0 Å². The Balaban J connectivity index is 2.44. The number of hydrogen-bond acceptors (Lipinski definition) is 4. The fraction of sp³-hybridized carbons (Fsp3) is 0.440. The van der Waals surface area contributed by atoms with Crippen molar-refractivity contribution in [2.45, 2.75) is 59.2 Å². The van der Waals surface area contributed by atoms with E-state index in [4.69, 9.17) is 11.6 Å². The molecule has 0 aliphatic carbocycles.